The maximum atomic E-state index is 14.6. The summed E-state index contributed by atoms with van der Waals surface area (Å²) < 4.78 is 46.7. The number of ether oxygens (including phenoxy) is 1. The van der Waals surface area contributed by atoms with E-state index in [1.165, 1.54) is 12.1 Å². The molecule has 0 saturated heterocycles. The number of hydrogen-bond acceptors (Lipinski definition) is 5. The van der Waals surface area contributed by atoms with Gasteiger partial charge in [0.1, 0.15) is 17.3 Å². The molecule has 9 heteroatoms. The molecule has 1 heterocycles. The highest BCUT2D eigenvalue weighted by molar-refractivity contribution is 5.84. The standard InChI is InChI=1S/C25H24F3N5O.2C2H6/c1-15(2)30-12-20-11-19(8-6-16(20)3)23-14-33(32-31-23)13-18-7-9-21(22(26)10-18)17(4)34-25(29-5)24(27)28;2*1-2/h6-12,14,24H,3-4,13H2,1-2,5H3;2*1-2H3/b20-12-,29-25?;;. The van der Waals surface area contributed by atoms with E-state index in [0.29, 0.717) is 11.3 Å². The molecular weight excluding hydrogens is 491 g/mol. The predicted octanol–water partition coefficient (Wildman–Crippen LogP) is 6.09. The van der Waals surface area contributed by atoms with E-state index in [1.807, 2.05) is 59.7 Å². The predicted molar refractivity (Wildman–Crippen MR) is 151 cm³/mol. The van der Waals surface area contributed by atoms with Gasteiger partial charge < -0.3 is 4.74 Å². The molecule has 0 spiro atoms. The number of hydrogen-bond donors (Lipinski definition) is 0. The fourth-order valence-electron chi connectivity index (χ4n) is 3.02. The van der Waals surface area contributed by atoms with Crippen molar-refractivity contribution < 1.29 is 17.9 Å². The monoisotopic (exact) mass is 527 g/mol. The topological polar surface area (TPSA) is 64.7 Å². The van der Waals surface area contributed by atoms with E-state index in [-0.39, 0.29) is 17.9 Å². The van der Waals surface area contributed by atoms with Gasteiger partial charge in [0, 0.05) is 29.7 Å². The molecule has 0 saturated carbocycles. The number of rotatable bonds is 7. The summed E-state index contributed by atoms with van der Waals surface area (Å²) in [7, 11) is 1.16. The summed E-state index contributed by atoms with van der Waals surface area (Å²) in [6.07, 6.45) is 0.578. The minimum absolute atomic E-state index is 0.0353. The second-order valence-electron chi connectivity index (χ2n) is 7.62. The van der Waals surface area contributed by atoms with Crippen molar-refractivity contribution in [3.63, 3.8) is 0 Å². The van der Waals surface area contributed by atoms with E-state index in [9.17, 15) is 13.2 Å². The quantitative estimate of drug-likeness (QED) is 0.212. The molecule has 1 aromatic heterocycles. The summed E-state index contributed by atoms with van der Waals surface area (Å²) in [5, 5.41) is 10.0. The molecule has 0 aliphatic rings. The van der Waals surface area contributed by atoms with Crippen LogP contribution in [0.1, 0.15) is 52.7 Å². The molecule has 0 radical (unpaired) electrons. The zero-order valence-electron chi connectivity index (χ0n) is 23.1. The summed E-state index contributed by atoms with van der Waals surface area (Å²) >= 11 is 0. The molecule has 0 atom stereocenters. The van der Waals surface area contributed by atoms with Crippen LogP contribution < -0.4 is 10.4 Å². The minimum atomic E-state index is -2.92. The molecule has 2 aromatic carbocycles. The SMILES string of the molecule is C=C(OC(=NC)C(F)F)c1ccc(Cn2cc(-c3ccc(=C)/c(=C\N=C(C)C)c3)nn2)cc1F.CC.CC. The fraction of sp³-hybridized carbons (Fsp3) is 0.310. The molecule has 0 aliphatic carbocycles. The van der Waals surface area contributed by atoms with Crippen molar-refractivity contribution in [2.24, 2.45) is 9.98 Å². The van der Waals surface area contributed by atoms with Crippen molar-refractivity contribution in [3.05, 3.63) is 76.6 Å². The van der Waals surface area contributed by atoms with Gasteiger partial charge in [-0.3, -0.25) is 9.98 Å². The van der Waals surface area contributed by atoms with Crippen LogP contribution in [-0.4, -0.2) is 40.1 Å². The van der Waals surface area contributed by atoms with Gasteiger partial charge in [0.05, 0.1) is 18.3 Å². The molecule has 0 unspecified atom stereocenters. The van der Waals surface area contributed by atoms with Crippen LogP contribution in [0.15, 0.2) is 59.2 Å². The van der Waals surface area contributed by atoms with Gasteiger partial charge in [0.2, 0.25) is 0 Å². The Balaban J connectivity index is 0.00000172. The van der Waals surface area contributed by atoms with Gasteiger partial charge in [-0.2, -0.15) is 8.78 Å². The van der Waals surface area contributed by atoms with Crippen LogP contribution in [0.4, 0.5) is 13.2 Å². The Bertz CT molecular complexity index is 1370. The maximum Gasteiger partial charge on any atom is 0.312 e. The number of aromatic nitrogens is 3. The average Bonchev–Trinajstić information content (AvgIpc) is 3.37. The first-order valence-electron chi connectivity index (χ1n) is 12.3. The third kappa shape index (κ3) is 9.14. The van der Waals surface area contributed by atoms with E-state index in [4.69, 9.17) is 4.74 Å². The molecule has 0 aliphatic heterocycles. The van der Waals surface area contributed by atoms with Crippen LogP contribution in [0.5, 0.6) is 0 Å². The Labute approximate surface area is 222 Å². The number of aliphatic imine (C=N–C) groups is 2. The Kier molecular flexibility index (Phi) is 13.4. The van der Waals surface area contributed by atoms with Crippen LogP contribution in [0.2, 0.25) is 0 Å². The van der Waals surface area contributed by atoms with Gasteiger partial charge in [-0.15, -0.1) is 5.10 Å². The van der Waals surface area contributed by atoms with Gasteiger partial charge in [-0.25, -0.2) is 9.07 Å². The van der Waals surface area contributed by atoms with Gasteiger partial charge in [-0.05, 0) is 42.8 Å². The lowest BCUT2D eigenvalue weighted by molar-refractivity contribution is 0.196. The van der Waals surface area contributed by atoms with Crippen molar-refractivity contribution in [3.8, 4) is 11.3 Å². The van der Waals surface area contributed by atoms with Gasteiger partial charge in [-0.1, -0.05) is 64.3 Å². The Morgan fingerprint density at radius 3 is 2.37 bits per heavy atom. The first-order chi connectivity index (χ1) is 18.2. The van der Waals surface area contributed by atoms with E-state index < -0.39 is 18.1 Å². The smallest absolute Gasteiger partial charge is 0.312 e. The van der Waals surface area contributed by atoms with E-state index in [0.717, 1.165) is 28.8 Å². The fourth-order valence-corrected chi connectivity index (χ4v) is 3.02. The molecule has 3 rings (SSSR count). The molecule has 0 fully saturated rings. The zero-order valence-corrected chi connectivity index (χ0v) is 23.1. The van der Waals surface area contributed by atoms with Crippen LogP contribution in [0.25, 0.3) is 29.8 Å². The zero-order chi connectivity index (χ0) is 28.8. The van der Waals surface area contributed by atoms with Crippen molar-refractivity contribution in [1.29, 1.82) is 0 Å². The lowest BCUT2D eigenvalue weighted by Gasteiger charge is -2.11. The third-order valence-corrected chi connectivity index (χ3v) is 4.76. The summed E-state index contributed by atoms with van der Waals surface area (Å²) in [5.74, 6) is -1.74. The van der Waals surface area contributed by atoms with Gasteiger partial charge in [0.25, 0.3) is 5.90 Å². The minimum Gasteiger partial charge on any atom is -0.438 e. The number of nitrogens with zero attached hydrogens (tertiary/aromatic N) is 5. The van der Waals surface area contributed by atoms with Crippen molar-refractivity contribution in [2.45, 2.75) is 54.5 Å². The van der Waals surface area contributed by atoms with E-state index >= 15 is 0 Å². The summed E-state index contributed by atoms with van der Waals surface area (Å²) in [4.78, 5) is 7.67. The molecule has 0 N–H and O–H groups in total. The van der Waals surface area contributed by atoms with Crippen LogP contribution in [0, 0.1) is 5.82 Å². The first kappa shape index (κ1) is 32.0. The number of benzene rings is 2. The largest absolute Gasteiger partial charge is 0.438 e. The molecule has 0 amide bonds. The molecule has 3 aromatic rings. The molecular formula is C29H36F3N5O. The van der Waals surface area contributed by atoms with Crippen LogP contribution in [-0.2, 0) is 11.3 Å². The van der Waals surface area contributed by atoms with Crippen molar-refractivity contribution >= 4 is 30.1 Å². The molecule has 0 bridgehead atoms. The number of alkyl halides is 2. The third-order valence-electron chi connectivity index (χ3n) is 4.76. The molecule has 38 heavy (non-hydrogen) atoms. The van der Waals surface area contributed by atoms with Crippen molar-refractivity contribution in [2.75, 3.05) is 7.05 Å². The highest BCUT2D eigenvalue weighted by Gasteiger charge is 2.18. The van der Waals surface area contributed by atoms with Gasteiger partial charge in [0.15, 0.2) is 0 Å². The highest BCUT2D eigenvalue weighted by Crippen LogP contribution is 2.21. The summed E-state index contributed by atoms with van der Waals surface area (Å²) in [6, 6.07) is 10.0. The Morgan fingerprint density at radius 1 is 1.11 bits per heavy atom. The molecule has 204 valence electrons. The van der Waals surface area contributed by atoms with Crippen molar-refractivity contribution in [1.82, 2.24) is 15.0 Å². The van der Waals surface area contributed by atoms with Crippen LogP contribution in [0.3, 0.4) is 0 Å². The first-order valence-corrected chi connectivity index (χ1v) is 12.3. The second-order valence-corrected chi connectivity index (χ2v) is 7.62. The maximum absolute atomic E-state index is 14.6. The lowest BCUT2D eigenvalue weighted by Crippen LogP contribution is -2.22. The molecule has 6 nitrogen and oxygen atoms in total. The van der Waals surface area contributed by atoms with Gasteiger partial charge >= 0.3 is 6.43 Å². The summed E-state index contributed by atoms with van der Waals surface area (Å²) in [5.41, 5.74) is 2.97. The van der Waals surface area contributed by atoms with E-state index in [1.54, 1.807) is 23.1 Å². The van der Waals surface area contributed by atoms with E-state index in [2.05, 4.69) is 33.5 Å². The normalized spacial score (nSPS) is 11.2. The summed E-state index contributed by atoms with van der Waals surface area (Å²) in [6.45, 7) is 19.6. The second kappa shape index (κ2) is 16.0. The number of halogens is 3. The average molecular weight is 528 g/mol. The lowest BCUT2D eigenvalue weighted by atomic mass is 10.1. The highest BCUT2D eigenvalue weighted by atomic mass is 19.3. The Hall–Kier alpha value is -4.01. The van der Waals surface area contributed by atoms with Crippen LogP contribution >= 0.6 is 0 Å². The Morgan fingerprint density at radius 2 is 1.79 bits per heavy atom.